The van der Waals surface area contributed by atoms with Gasteiger partial charge in [0.05, 0.1) is 33.8 Å². The number of aryl methyl sites for hydroxylation is 1. The molecule has 0 unspecified atom stereocenters. The number of carbonyl (C=O) groups is 1. The number of carbonyl (C=O) groups excluding carboxylic acids is 1. The van der Waals surface area contributed by atoms with Gasteiger partial charge in [0, 0.05) is 10.3 Å². The number of para-hydroxylation sites is 2. The van der Waals surface area contributed by atoms with Crippen LogP contribution >= 0.6 is 23.5 Å². The minimum atomic E-state index is -0.0902. The van der Waals surface area contributed by atoms with E-state index in [0.29, 0.717) is 5.75 Å². The first kappa shape index (κ1) is 18.3. The first-order valence-corrected chi connectivity index (χ1v) is 10.0. The molecule has 0 aliphatic rings. The number of benzene rings is 2. The highest BCUT2D eigenvalue weighted by atomic mass is 32.2. The van der Waals surface area contributed by atoms with Crippen LogP contribution < -0.4 is 5.32 Å². The van der Waals surface area contributed by atoms with Crippen molar-refractivity contribution in [2.75, 3.05) is 16.8 Å². The van der Waals surface area contributed by atoms with Gasteiger partial charge in [-0.2, -0.15) is 5.26 Å². The zero-order valence-corrected chi connectivity index (χ0v) is 15.9. The molecule has 3 rings (SSSR count). The fraction of sp³-hybridized carbons (Fsp3) is 0.150. The van der Waals surface area contributed by atoms with E-state index in [4.69, 9.17) is 5.26 Å². The van der Waals surface area contributed by atoms with Crippen LogP contribution in [0.5, 0.6) is 0 Å². The van der Waals surface area contributed by atoms with Crippen LogP contribution in [-0.4, -0.2) is 22.4 Å². The molecule has 0 spiro atoms. The van der Waals surface area contributed by atoms with Crippen LogP contribution in [-0.2, 0) is 4.79 Å². The third-order valence-electron chi connectivity index (χ3n) is 3.70. The fourth-order valence-electron chi connectivity index (χ4n) is 2.52. The largest absolute Gasteiger partial charge is 0.324 e. The number of hydrogen-bond acceptors (Lipinski definition) is 5. The number of nitrogens with one attached hydrogen (secondary N) is 1. The van der Waals surface area contributed by atoms with Crippen molar-refractivity contribution in [3.8, 4) is 6.07 Å². The Kier molecular flexibility index (Phi) is 6.16. The molecule has 0 saturated carbocycles. The van der Waals surface area contributed by atoms with Gasteiger partial charge in [0.1, 0.15) is 0 Å². The normalized spacial score (nSPS) is 10.5. The fourth-order valence-corrected chi connectivity index (χ4v) is 3.97. The standard InChI is InChI=1S/C20H17N3OS2/c1-14-12-20(23-16-7-3-2-6-15(14)16)26-13-19(24)22-17-8-4-5-9-18(17)25-11-10-21/h2-9,12H,11,13H2,1H3,(H,22,24). The molecule has 0 aliphatic heterocycles. The maximum Gasteiger partial charge on any atom is 0.234 e. The average Bonchev–Trinajstić information content (AvgIpc) is 2.66. The number of fused-ring (bicyclic) bond motifs is 1. The van der Waals surface area contributed by atoms with E-state index in [-0.39, 0.29) is 11.7 Å². The van der Waals surface area contributed by atoms with Crippen LogP contribution in [0.25, 0.3) is 10.9 Å². The molecule has 6 heteroatoms. The van der Waals surface area contributed by atoms with Gasteiger partial charge in [0.15, 0.2) is 0 Å². The number of anilines is 1. The molecule has 0 saturated heterocycles. The molecule has 2 aromatic carbocycles. The maximum atomic E-state index is 12.3. The zero-order valence-electron chi connectivity index (χ0n) is 14.2. The predicted octanol–water partition coefficient (Wildman–Crippen LogP) is 4.89. The smallest absolute Gasteiger partial charge is 0.234 e. The molecular weight excluding hydrogens is 362 g/mol. The van der Waals surface area contributed by atoms with E-state index in [1.165, 1.54) is 23.5 Å². The number of aromatic nitrogens is 1. The van der Waals surface area contributed by atoms with Crippen molar-refractivity contribution < 1.29 is 4.79 Å². The quantitative estimate of drug-likeness (QED) is 0.618. The van der Waals surface area contributed by atoms with Gasteiger partial charge in [0.2, 0.25) is 5.91 Å². The van der Waals surface area contributed by atoms with Gasteiger partial charge in [-0.05, 0) is 36.8 Å². The predicted molar refractivity (Wildman–Crippen MR) is 109 cm³/mol. The molecule has 0 bridgehead atoms. The van der Waals surface area contributed by atoms with Crippen molar-refractivity contribution in [2.45, 2.75) is 16.8 Å². The molecular formula is C20H17N3OS2. The number of pyridine rings is 1. The summed E-state index contributed by atoms with van der Waals surface area (Å²) in [6, 6.07) is 19.6. The van der Waals surface area contributed by atoms with Crippen LogP contribution in [0.3, 0.4) is 0 Å². The van der Waals surface area contributed by atoms with Gasteiger partial charge in [-0.15, -0.1) is 11.8 Å². The van der Waals surface area contributed by atoms with Crippen molar-refractivity contribution in [3.63, 3.8) is 0 Å². The molecule has 0 aliphatic carbocycles. The summed E-state index contributed by atoms with van der Waals surface area (Å²) in [4.78, 5) is 17.8. The summed E-state index contributed by atoms with van der Waals surface area (Å²) < 4.78 is 0. The number of rotatable bonds is 6. The van der Waals surface area contributed by atoms with E-state index < -0.39 is 0 Å². The molecule has 0 fully saturated rings. The summed E-state index contributed by atoms with van der Waals surface area (Å²) >= 11 is 2.83. The van der Waals surface area contributed by atoms with E-state index in [9.17, 15) is 4.79 Å². The second-order valence-corrected chi connectivity index (χ2v) is 7.59. The topological polar surface area (TPSA) is 65.8 Å². The van der Waals surface area contributed by atoms with E-state index in [2.05, 4.69) is 29.4 Å². The molecule has 0 atom stereocenters. The number of thioether (sulfide) groups is 2. The third kappa shape index (κ3) is 4.57. The summed E-state index contributed by atoms with van der Waals surface area (Å²) in [5.74, 6) is 0.539. The van der Waals surface area contributed by atoms with Crippen LogP contribution in [0.15, 0.2) is 64.5 Å². The van der Waals surface area contributed by atoms with Gasteiger partial charge < -0.3 is 5.32 Å². The molecule has 4 nitrogen and oxygen atoms in total. The minimum Gasteiger partial charge on any atom is -0.324 e. The average molecular weight is 380 g/mol. The lowest BCUT2D eigenvalue weighted by Gasteiger charge is -2.10. The van der Waals surface area contributed by atoms with E-state index in [1.807, 2.05) is 48.5 Å². The summed E-state index contributed by atoms with van der Waals surface area (Å²) in [7, 11) is 0. The Morgan fingerprint density at radius 2 is 1.92 bits per heavy atom. The number of nitrogens with zero attached hydrogens (tertiary/aromatic N) is 2. The molecule has 1 N–H and O–H groups in total. The van der Waals surface area contributed by atoms with Crippen LogP contribution in [0.2, 0.25) is 0 Å². The summed E-state index contributed by atoms with van der Waals surface area (Å²) in [6.45, 7) is 2.05. The SMILES string of the molecule is Cc1cc(SCC(=O)Nc2ccccc2SCC#N)nc2ccccc12. The first-order valence-electron chi connectivity index (χ1n) is 8.05. The number of nitriles is 1. The second-order valence-electron chi connectivity index (χ2n) is 5.57. The van der Waals surface area contributed by atoms with E-state index >= 15 is 0 Å². The highest BCUT2D eigenvalue weighted by molar-refractivity contribution is 8.00. The molecule has 1 aromatic heterocycles. The molecule has 26 heavy (non-hydrogen) atoms. The Morgan fingerprint density at radius 1 is 1.15 bits per heavy atom. The second kappa shape index (κ2) is 8.75. The van der Waals surface area contributed by atoms with Crippen LogP contribution in [0.4, 0.5) is 5.69 Å². The lowest BCUT2D eigenvalue weighted by Crippen LogP contribution is -2.14. The Hall–Kier alpha value is -2.49. The van der Waals surface area contributed by atoms with Crippen molar-refractivity contribution in [2.24, 2.45) is 0 Å². The Labute approximate surface area is 161 Å². The van der Waals surface area contributed by atoms with Crippen LogP contribution in [0.1, 0.15) is 5.56 Å². The lowest BCUT2D eigenvalue weighted by atomic mass is 10.1. The summed E-state index contributed by atoms with van der Waals surface area (Å²) in [5, 5.41) is 13.6. The van der Waals surface area contributed by atoms with Crippen molar-refractivity contribution in [1.82, 2.24) is 4.98 Å². The maximum absolute atomic E-state index is 12.3. The van der Waals surface area contributed by atoms with Gasteiger partial charge in [-0.25, -0.2) is 4.98 Å². The molecule has 0 radical (unpaired) electrons. The van der Waals surface area contributed by atoms with Crippen molar-refractivity contribution in [1.29, 1.82) is 5.26 Å². The zero-order chi connectivity index (χ0) is 18.4. The summed E-state index contributed by atoms with van der Waals surface area (Å²) in [6.07, 6.45) is 0. The monoisotopic (exact) mass is 379 g/mol. The molecule has 3 aromatic rings. The van der Waals surface area contributed by atoms with E-state index in [0.717, 1.165) is 32.1 Å². The number of hydrogen-bond donors (Lipinski definition) is 1. The van der Waals surface area contributed by atoms with Crippen molar-refractivity contribution >= 4 is 46.0 Å². The van der Waals surface area contributed by atoms with Crippen LogP contribution in [0, 0.1) is 18.3 Å². The Bertz CT molecular complexity index is 982. The highest BCUT2D eigenvalue weighted by Crippen LogP contribution is 2.27. The number of amides is 1. The van der Waals surface area contributed by atoms with Crippen molar-refractivity contribution in [3.05, 3.63) is 60.2 Å². The Morgan fingerprint density at radius 3 is 2.77 bits per heavy atom. The third-order valence-corrected chi connectivity index (χ3v) is 5.56. The lowest BCUT2D eigenvalue weighted by molar-refractivity contribution is -0.113. The molecule has 130 valence electrons. The van der Waals surface area contributed by atoms with E-state index in [1.54, 1.807) is 0 Å². The van der Waals surface area contributed by atoms with Gasteiger partial charge >= 0.3 is 0 Å². The minimum absolute atomic E-state index is 0.0902. The highest BCUT2D eigenvalue weighted by Gasteiger charge is 2.09. The molecule has 1 amide bonds. The first-order chi connectivity index (χ1) is 12.7. The van der Waals surface area contributed by atoms with Gasteiger partial charge in [-0.1, -0.05) is 42.1 Å². The summed E-state index contributed by atoms with van der Waals surface area (Å²) in [5.41, 5.74) is 2.83. The Balaban J connectivity index is 1.66. The molecule has 1 heterocycles. The van der Waals surface area contributed by atoms with Gasteiger partial charge in [-0.3, -0.25) is 4.79 Å². The van der Waals surface area contributed by atoms with Gasteiger partial charge in [0.25, 0.3) is 0 Å².